The Hall–Kier alpha value is -3.25. The average Bonchev–Trinajstić information content (AvgIpc) is 3.12. The lowest BCUT2D eigenvalue weighted by atomic mass is 10.0. The molecule has 0 bridgehead atoms. The van der Waals surface area contributed by atoms with E-state index in [0.717, 1.165) is 32.6 Å². The highest BCUT2D eigenvalue weighted by Crippen LogP contribution is 2.36. The van der Waals surface area contributed by atoms with E-state index in [2.05, 4.69) is 57.1 Å². The van der Waals surface area contributed by atoms with Gasteiger partial charge >= 0.3 is 0 Å². The third-order valence-electron chi connectivity index (χ3n) is 4.35. The van der Waals surface area contributed by atoms with Crippen LogP contribution in [-0.2, 0) is 0 Å². The first-order chi connectivity index (χ1) is 13.1. The van der Waals surface area contributed by atoms with Crippen LogP contribution in [0.1, 0.15) is 18.1 Å². The predicted molar refractivity (Wildman–Crippen MR) is 112 cm³/mol. The third-order valence-corrected chi connectivity index (χ3v) is 5.23. The van der Waals surface area contributed by atoms with Gasteiger partial charge in [0.05, 0.1) is 11.1 Å². The molecule has 2 heterocycles. The highest BCUT2D eigenvalue weighted by molar-refractivity contribution is 7.17. The maximum absolute atomic E-state index is 9.43. The van der Waals surface area contributed by atoms with Crippen molar-refractivity contribution in [3.63, 3.8) is 0 Å². The van der Waals surface area contributed by atoms with Crippen LogP contribution in [-0.4, -0.2) is 20.8 Å². The Morgan fingerprint density at radius 3 is 2.52 bits per heavy atom. The number of phenols is 1. The number of nitrogens with one attached hydrogen (secondary N) is 1. The number of hydrazone groups is 1. The predicted octanol–water partition coefficient (Wildman–Crippen LogP) is 5.21. The Kier molecular flexibility index (Phi) is 4.56. The van der Waals surface area contributed by atoms with Crippen LogP contribution >= 0.6 is 11.3 Å². The van der Waals surface area contributed by atoms with Crippen LogP contribution < -0.4 is 5.43 Å². The number of benzene rings is 2. The van der Waals surface area contributed by atoms with E-state index >= 15 is 0 Å². The van der Waals surface area contributed by atoms with Gasteiger partial charge in [-0.05, 0) is 49.2 Å². The summed E-state index contributed by atoms with van der Waals surface area (Å²) in [5, 5.41) is 17.0. The second-order valence-electron chi connectivity index (χ2n) is 6.27. The molecule has 6 heteroatoms. The Labute approximate surface area is 161 Å². The van der Waals surface area contributed by atoms with E-state index in [4.69, 9.17) is 0 Å². The minimum atomic E-state index is 0.234. The van der Waals surface area contributed by atoms with Crippen molar-refractivity contribution in [3.8, 4) is 16.9 Å². The standard InChI is InChI=1S/C21H18N4OS/c1-13-3-5-16(6-4-13)18-11-27-21-19(18)20(22-12-23-21)25-24-14(2)15-7-9-17(26)10-8-15/h3-12,26H,1-2H3,(H,22,23,25)/b24-14+. The molecule has 134 valence electrons. The SMILES string of the molecule is C/C(=N\Nc1ncnc2scc(-c3ccc(C)cc3)c12)c1ccc(O)cc1. The van der Waals surface area contributed by atoms with Crippen LogP contribution in [0.3, 0.4) is 0 Å². The van der Waals surface area contributed by atoms with Crippen molar-refractivity contribution in [2.24, 2.45) is 5.10 Å². The first-order valence-electron chi connectivity index (χ1n) is 8.51. The number of hydrogen-bond acceptors (Lipinski definition) is 6. The molecule has 0 atom stereocenters. The normalized spacial score (nSPS) is 11.7. The van der Waals surface area contributed by atoms with Crippen molar-refractivity contribution >= 4 is 33.1 Å². The number of aromatic nitrogens is 2. The minimum absolute atomic E-state index is 0.234. The van der Waals surface area contributed by atoms with Crippen LogP contribution in [0.25, 0.3) is 21.3 Å². The van der Waals surface area contributed by atoms with E-state index in [1.165, 1.54) is 5.56 Å². The third kappa shape index (κ3) is 3.52. The zero-order chi connectivity index (χ0) is 18.8. The van der Waals surface area contributed by atoms with Crippen molar-refractivity contribution in [3.05, 3.63) is 71.4 Å². The van der Waals surface area contributed by atoms with E-state index in [9.17, 15) is 5.11 Å². The van der Waals surface area contributed by atoms with Crippen molar-refractivity contribution in [1.82, 2.24) is 9.97 Å². The molecule has 27 heavy (non-hydrogen) atoms. The van der Waals surface area contributed by atoms with Crippen LogP contribution in [0.15, 0.2) is 65.3 Å². The van der Waals surface area contributed by atoms with E-state index in [0.29, 0.717) is 5.82 Å². The van der Waals surface area contributed by atoms with Gasteiger partial charge in [-0.3, -0.25) is 5.43 Å². The maximum Gasteiger partial charge on any atom is 0.159 e. The summed E-state index contributed by atoms with van der Waals surface area (Å²) < 4.78 is 0. The van der Waals surface area contributed by atoms with Crippen molar-refractivity contribution < 1.29 is 5.11 Å². The topological polar surface area (TPSA) is 70.4 Å². The molecule has 0 saturated carbocycles. The van der Waals surface area contributed by atoms with Gasteiger partial charge in [-0.2, -0.15) is 5.10 Å². The summed E-state index contributed by atoms with van der Waals surface area (Å²) in [6.07, 6.45) is 1.55. The van der Waals surface area contributed by atoms with E-state index in [1.54, 1.807) is 29.8 Å². The highest BCUT2D eigenvalue weighted by Gasteiger charge is 2.13. The molecule has 0 amide bonds. The first-order valence-corrected chi connectivity index (χ1v) is 9.39. The molecule has 0 aliphatic carbocycles. The van der Waals surface area contributed by atoms with Gasteiger partial charge in [0.2, 0.25) is 0 Å². The molecule has 2 aromatic carbocycles. The van der Waals surface area contributed by atoms with E-state index < -0.39 is 0 Å². The summed E-state index contributed by atoms with van der Waals surface area (Å²) in [5.74, 6) is 0.910. The number of aromatic hydroxyl groups is 1. The Morgan fingerprint density at radius 2 is 1.78 bits per heavy atom. The van der Waals surface area contributed by atoms with Crippen molar-refractivity contribution in [2.75, 3.05) is 5.43 Å². The van der Waals surface area contributed by atoms with E-state index in [-0.39, 0.29) is 5.75 Å². The smallest absolute Gasteiger partial charge is 0.159 e. The molecule has 5 nitrogen and oxygen atoms in total. The molecule has 0 aliphatic heterocycles. The molecule has 0 unspecified atom stereocenters. The van der Waals surface area contributed by atoms with Crippen LogP contribution in [0.2, 0.25) is 0 Å². The van der Waals surface area contributed by atoms with Gasteiger partial charge in [-0.15, -0.1) is 11.3 Å². The number of phenolic OH excluding ortho intramolecular Hbond substituents is 1. The van der Waals surface area contributed by atoms with Gasteiger partial charge in [0, 0.05) is 10.9 Å². The van der Waals surface area contributed by atoms with Gasteiger partial charge in [0.25, 0.3) is 0 Å². The monoisotopic (exact) mass is 374 g/mol. The molecule has 4 aromatic rings. The molecule has 0 spiro atoms. The van der Waals surface area contributed by atoms with Crippen LogP contribution in [0.4, 0.5) is 5.82 Å². The highest BCUT2D eigenvalue weighted by atomic mass is 32.1. The Morgan fingerprint density at radius 1 is 1.04 bits per heavy atom. The fraction of sp³-hybridized carbons (Fsp3) is 0.0952. The summed E-state index contributed by atoms with van der Waals surface area (Å²) in [7, 11) is 0. The number of fused-ring (bicyclic) bond motifs is 1. The van der Waals surface area contributed by atoms with Gasteiger partial charge < -0.3 is 5.11 Å². The number of thiophene rings is 1. The largest absolute Gasteiger partial charge is 0.508 e. The molecular weight excluding hydrogens is 356 g/mol. The summed E-state index contributed by atoms with van der Waals surface area (Å²) in [4.78, 5) is 9.71. The van der Waals surface area contributed by atoms with Crippen LogP contribution in [0, 0.1) is 6.92 Å². The summed E-state index contributed by atoms with van der Waals surface area (Å²) >= 11 is 1.59. The Balaban J connectivity index is 1.71. The fourth-order valence-corrected chi connectivity index (χ4v) is 3.73. The van der Waals surface area contributed by atoms with Crippen molar-refractivity contribution in [1.29, 1.82) is 0 Å². The molecule has 0 saturated heterocycles. The summed E-state index contributed by atoms with van der Waals surface area (Å²) in [6.45, 7) is 3.98. The molecule has 2 aromatic heterocycles. The minimum Gasteiger partial charge on any atom is -0.508 e. The number of hydrogen-bond donors (Lipinski definition) is 2. The zero-order valence-electron chi connectivity index (χ0n) is 15.0. The van der Waals surface area contributed by atoms with Crippen molar-refractivity contribution in [2.45, 2.75) is 13.8 Å². The quantitative estimate of drug-likeness (QED) is 0.380. The number of rotatable bonds is 4. The second-order valence-corrected chi connectivity index (χ2v) is 7.13. The maximum atomic E-state index is 9.43. The average molecular weight is 374 g/mol. The lowest BCUT2D eigenvalue weighted by Crippen LogP contribution is -2.01. The van der Waals surface area contributed by atoms with Gasteiger partial charge in [0.15, 0.2) is 5.82 Å². The molecule has 0 fully saturated rings. The van der Waals surface area contributed by atoms with Gasteiger partial charge in [0.1, 0.15) is 16.9 Å². The fourth-order valence-electron chi connectivity index (χ4n) is 2.81. The summed E-state index contributed by atoms with van der Waals surface area (Å²) in [6, 6.07) is 15.4. The number of aryl methyl sites for hydroxylation is 1. The lowest BCUT2D eigenvalue weighted by molar-refractivity contribution is 0.475. The molecule has 2 N–H and O–H groups in total. The Bertz CT molecular complexity index is 1120. The molecule has 4 rings (SSSR count). The number of nitrogens with zero attached hydrogens (tertiary/aromatic N) is 3. The first kappa shape index (κ1) is 17.2. The molecule has 0 aliphatic rings. The molecule has 0 radical (unpaired) electrons. The van der Waals surface area contributed by atoms with Crippen LogP contribution in [0.5, 0.6) is 5.75 Å². The molecular formula is C21H18N4OS. The zero-order valence-corrected chi connectivity index (χ0v) is 15.8. The number of anilines is 1. The van der Waals surface area contributed by atoms with Gasteiger partial charge in [-0.25, -0.2) is 9.97 Å². The van der Waals surface area contributed by atoms with Gasteiger partial charge in [-0.1, -0.05) is 29.8 Å². The lowest BCUT2D eigenvalue weighted by Gasteiger charge is -2.07. The summed E-state index contributed by atoms with van der Waals surface area (Å²) in [5.41, 5.74) is 8.26. The van der Waals surface area contributed by atoms with E-state index in [1.807, 2.05) is 19.1 Å². The second kappa shape index (κ2) is 7.17.